The van der Waals surface area contributed by atoms with Crippen LogP contribution in [0.15, 0.2) is 10.6 Å². The standard InChI is InChI=1S/C17H27ClN2O3/c1-17(2,3)23-16(22)19-12-7-6-10-20(11-12)15(21)13-8-4-5-9-14(13)18/h12H,4-11H2,1-3H3,(H,19,22)/t12-/m1/s1. The Balaban J connectivity index is 1.93. The summed E-state index contributed by atoms with van der Waals surface area (Å²) in [5, 5.41) is 3.58. The van der Waals surface area contributed by atoms with Crippen LogP contribution in [0.2, 0.25) is 0 Å². The monoisotopic (exact) mass is 342 g/mol. The molecule has 5 nitrogen and oxygen atoms in total. The third kappa shape index (κ3) is 5.41. The summed E-state index contributed by atoms with van der Waals surface area (Å²) in [5.41, 5.74) is 0.241. The minimum absolute atomic E-state index is 0.0328. The van der Waals surface area contributed by atoms with Crippen molar-refractivity contribution in [1.29, 1.82) is 0 Å². The van der Waals surface area contributed by atoms with Gasteiger partial charge in [0.1, 0.15) is 5.60 Å². The molecule has 1 heterocycles. The molecular weight excluding hydrogens is 316 g/mol. The van der Waals surface area contributed by atoms with Gasteiger partial charge >= 0.3 is 6.09 Å². The maximum atomic E-state index is 12.7. The van der Waals surface area contributed by atoms with Crippen LogP contribution in [0.4, 0.5) is 4.79 Å². The van der Waals surface area contributed by atoms with Crippen molar-refractivity contribution in [3.63, 3.8) is 0 Å². The highest BCUT2D eigenvalue weighted by Crippen LogP contribution is 2.29. The summed E-state index contributed by atoms with van der Waals surface area (Å²) >= 11 is 6.23. The van der Waals surface area contributed by atoms with Crippen LogP contribution in [0, 0.1) is 0 Å². The Morgan fingerprint density at radius 3 is 2.57 bits per heavy atom. The summed E-state index contributed by atoms with van der Waals surface area (Å²) in [4.78, 5) is 26.4. The first-order valence-corrected chi connectivity index (χ1v) is 8.80. The van der Waals surface area contributed by atoms with E-state index in [0.717, 1.165) is 50.6 Å². The Bertz CT molecular complexity index is 497. The molecule has 0 aromatic heterocycles. The molecule has 1 N–H and O–H groups in total. The molecule has 0 radical (unpaired) electrons. The van der Waals surface area contributed by atoms with Gasteiger partial charge in [-0.05, 0) is 59.3 Å². The van der Waals surface area contributed by atoms with E-state index in [-0.39, 0.29) is 11.9 Å². The molecule has 6 heteroatoms. The number of likely N-dealkylation sites (tertiary alicyclic amines) is 1. The van der Waals surface area contributed by atoms with Crippen molar-refractivity contribution in [2.45, 2.75) is 70.9 Å². The maximum Gasteiger partial charge on any atom is 0.407 e. The molecule has 1 saturated heterocycles. The third-order valence-electron chi connectivity index (χ3n) is 4.09. The van der Waals surface area contributed by atoms with Gasteiger partial charge in [-0.3, -0.25) is 4.79 Å². The summed E-state index contributed by atoms with van der Waals surface area (Å²) in [6.45, 7) is 6.74. The first-order chi connectivity index (χ1) is 10.8. The van der Waals surface area contributed by atoms with Crippen molar-refractivity contribution in [2.24, 2.45) is 0 Å². The highest BCUT2D eigenvalue weighted by molar-refractivity contribution is 6.32. The molecule has 1 aliphatic heterocycles. The average Bonchev–Trinajstić information content (AvgIpc) is 2.45. The van der Waals surface area contributed by atoms with Crippen LogP contribution in [0.1, 0.15) is 59.3 Å². The molecule has 0 aromatic rings. The number of hydrogen-bond acceptors (Lipinski definition) is 3. The zero-order chi connectivity index (χ0) is 17.0. The van der Waals surface area contributed by atoms with Gasteiger partial charge in [0.25, 0.3) is 5.91 Å². The van der Waals surface area contributed by atoms with Gasteiger partial charge in [-0.1, -0.05) is 11.6 Å². The Hall–Kier alpha value is -1.23. The highest BCUT2D eigenvalue weighted by atomic mass is 35.5. The Morgan fingerprint density at radius 1 is 1.22 bits per heavy atom. The fourth-order valence-corrected chi connectivity index (χ4v) is 3.34. The molecule has 0 saturated carbocycles. The number of ether oxygens (including phenoxy) is 1. The van der Waals surface area contributed by atoms with Crippen LogP contribution in [0.3, 0.4) is 0 Å². The van der Waals surface area contributed by atoms with E-state index in [1.165, 1.54) is 0 Å². The summed E-state index contributed by atoms with van der Waals surface area (Å²) in [7, 11) is 0. The van der Waals surface area contributed by atoms with Gasteiger partial charge < -0.3 is 15.0 Å². The Labute approximate surface area is 143 Å². The van der Waals surface area contributed by atoms with Crippen LogP contribution in [-0.2, 0) is 9.53 Å². The number of rotatable bonds is 2. The van der Waals surface area contributed by atoms with E-state index in [1.807, 2.05) is 25.7 Å². The van der Waals surface area contributed by atoms with Crippen LogP contribution in [0.5, 0.6) is 0 Å². The second kappa shape index (κ2) is 7.56. The third-order valence-corrected chi connectivity index (χ3v) is 4.51. The predicted molar refractivity (Wildman–Crippen MR) is 90.3 cm³/mol. The molecule has 2 rings (SSSR count). The van der Waals surface area contributed by atoms with E-state index >= 15 is 0 Å². The van der Waals surface area contributed by atoms with Crippen molar-refractivity contribution in [3.8, 4) is 0 Å². The molecule has 23 heavy (non-hydrogen) atoms. The zero-order valence-corrected chi connectivity index (χ0v) is 15.0. The number of piperidine rings is 1. The molecule has 1 fully saturated rings. The quantitative estimate of drug-likeness (QED) is 0.834. The number of allylic oxidation sites excluding steroid dienone is 1. The topological polar surface area (TPSA) is 58.6 Å². The Morgan fingerprint density at radius 2 is 1.91 bits per heavy atom. The van der Waals surface area contributed by atoms with Crippen molar-refractivity contribution in [3.05, 3.63) is 10.6 Å². The number of nitrogens with one attached hydrogen (secondary N) is 1. The number of halogens is 1. The SMILES string of the molecule is CC(C)(C)OC(=O)N[C@@H]1CCCN(C(=O)C2=C(Cl)CCCC2)C1. The molecular formula is C17H27ClN2O3. The van der Waals surface area contributed by atoms with Gasteiger partial charge in [0.2, 0.25) is 0 Å². The lowest BCUT2D eigenvalue weighted by Gasteiger charge is -2.34. The lowest BCUT2D eigenvalue weighted by atomic mass is 9.97. The first-order valence-electron chi connectivity index (χ1n) is 8.42. The van der Waals surface area contributed by atoms with Crippen molar-refractivity contribution < 1.29 is 14.3 Å². The molecule has 2 aliphatic rings. The first kappa shape index (κ1) is 18.1. The van der Waals surface area contributed by atoms with Crippen molar-refractivity contribution >= 4 is 23.6 Å². The highest BCUT2D eigenvalue weighted by Gasteiger charge is 2.29. The van der Waals surface area contributed by atoms with Gasteiger partial charge in [-0.2, -0.15) is 0 Å². The average molecular weight is 343 g/mol. The molecule has 130 valence electrons. The summed E-state index contributed by atoms with van der Waals surface area (Å²) < 4.78 is 5.29. The minimum atomic E-state index is -0.519. The molecule has 0 spiro atoms. The number of alkyl carbamates (subject to hydrolysis) is 1. The van der Waals surface area contributed by atoms with Gasteiger partial charge in [0.05, 0.1) is 0 Å². The number of nitrogens with zero attached hydrogens (tertiary/aromatic N) is 1. The van der Waals surface area contributed by atoms with Gasteiger partial charge in [0, 0.05) is 29.7 Å². The predicted octanol–water partition coefficient (Wildman–Crippen LogP) is 3.57. The fraction of sp³-hybridized carbons (Fsp3) is 0.765. The lowest BCUT2D eigenvalue weighted by molar-refractivity contribution is -0.128. The summed E-state index contributed by atoms with van der Waals surface area (Å²) in [6, 6.07) is -0.0643. The van der Waals surface area contributed by atoms with E-state index in [9.17, 15) is 9.59 Å². The molecule has 0 bridgehead atoms. The number of carbonyl (C=O) groups is 2. The van der Waals surface area contributed by atoms with E-state index in [1.54, 1.807) is 0 Å². The zero-order valence-electron chi connectivity index (χ0n) is 14.3. The number of amides is 2. The van der Waals surface area contributed by atoms with E-state index in [2.05, 4.69) is 5.32 Å². The summed E-state index contributed by atoms with van der Waals surface area (Å²) in [5.74, 6) is 0.0328. The number of carbonyl (C=O) groups excluding carboxylic acids is 2. The van der Waals surface area contributed by atoms with Crippen LogP contribution in [-0.4, -0.2) is 41.6 Å². The van der Waals surface area contributed by atoms with Crippen LogP contribution < -0.4 is 5.32 Å². The molecule has 0 unspecified atom stereocenters. The summed E-state index contributed by atoms with van der Waals surface area (Å²) in [6.07, 6.45) is 4.94. The maximum absolute atomic E-state index is 12.7. The van der Waals surface area contributed by atoms with Crippen molar-refractivity contribution in [1.82, 2.24) is 10.2 Å². The van der Waals surface area contributed by atoms with Crippen LogP contribution >= 0.6 is 11.6 Å². The molecule has 1 aliphatic carbocycles. The van der Waals surface area contributed by atoms with Gasteiger partial charge in [-0.25, -0.2) is 4.79 Å². The largest absolute Gasteiger partial charge is 0.444 e. The fourth-order valence-electron chi connectivity index (χ4n) is 3.04. The smallest absolute Gasteiger partial charge is 0.407 e. The second-order valence-corrected chi connectivity index (χ2v) is 7.78. The molecule has 0 aromatic carbocycles. The van der Waals surface area contributed by atoms with Crippen LogP contribution in [0.25, 0.3) is 0 Å². The van der Waals surface area contributed by atoms with E-state index in [4.69, 9.17) is 16.3 Å². The minimum Gasteiger partial charge on any atom is -0.444 e. The molecule has 2 amide bonds. The Kier molecular flexibility index (Phi) is 5.95. The van der Waals surface area contributed by atoms with Gasteiger partial charge in [0.15, 0.2) is 0 Å². The van der Waals surface area contributed by atoms with Gasteiger partial charge in [-0.15, -0.1) is 0 Å². The second-order valence-electron chi connectivity index (χ2n) is 7.33. The van der Waals surface area contributed by atoms with E-state index in [0.29, 0.717) is 11.6 Å². The number of hydrogen-bond donors (Lipinski definition) is 1. The normalized spacial score (nSPS) is 22.8. The van der Waals surface area contributed by atoms with Crippen molar-refractivity contribution in [2.75, 3.05) is 13.1 Å². The molecule has 1 atom stereocenters. The van der Waals surface area contributed by atoms with E-state index < -0.39 is 11.7 Å². The lowest BCUT2D eigenvalue weighted by Crippen LogP contribution is -2.50.